The summed E-state index contributed by atoms with van der Waals surface area (Å²) in [6, 6.07) is 2.59. The molecule has 2 aliphatic heterocycles. The lowest BCUT2D eigenvalue weighted by Gasteiger charge is -2.25. The Morgan fingerprint density at radius 1 is 1.25 bits per heavy atom. The van der Waals surface area contributed by atoms with Gasteiger partial charge in [-0.05, 0) is 31.5 Å². The Morgan fingerprint density at radius 3 is 2.78 bits per heavy atom. The Balaban J connectivity index is 1.69. The van der Waals surface area contributed by atoms with Gasteiger partial charge in [-0.25, -0.2) is 9.18 Å². The van der Waals surface area contributed by atoms with E-state index in [1.54, 1.807) is 19.2 Å². The van der Waals surface area contributed by atoms with Gasteiger partial charge in [-0.2, -0.15) is 0 Å². The molecule has 4 rings (SSSR count). The molecule has 32 heavy (non-hydrogen) atoms. The zero-order chi connectivity index (χ0) is 22.8. The summed E-state index contributed by atoms with van der Waals surface area (Å²) in [6.07, 6.45) is -0.602. The van der Waals surface area contributed by atoms with Crippen LogP contribution in [0.4, 0.5) is 4.39 Å². The van der Waals surface area contributed by atoms with E-state index in [-0.39, 0.29) is 31.9 Å². The van der Waals surface area contributed by atoms with Crippen LogP contribution in [0.1, 0.15) is 30.9 Å². The zero-order valence-corrected chi connectivity index (χ0v) is 17.9. The average Bonchev–Trinajstić information content (AvgIpc) is 3.03. The number of fused-ring (bicyclic) bond motifs is 1. The maximum Gasteiger partial charge on any atom is 0.329 e. The maximum absolute atomic E-state index is 13.9. The minimum atomic E-state index is -1.08. The molecule has 0 aliphatic carbocycles. The molecule has 2 N–H and O–H groups in total. The predicted octanol–water partition coefficient (Wildman–Crippen LogP) is 0.394. The highest BCUT2D eigenvalue weighted by atomic mass is 19.1. The van der Waals surface area contributed by atoms with Crippen molar-refractivity contribution in [3.8, 4) is 17.6 Å². The van der Waals surface area contributed by atoms with E-state index in [9.17, 15) is 18.8 Å². The van der Waals surface area contributed by atoms with E-state index in [0.717, 1.165) is 0 Å². The summed E-state index contributed by atoms with van der Waals surface area (Å²) in [6.45, 7) is 0.995. The van der Waals surface area contributed by atoms with Crippen LogP contribution in [0.5, 0.6) is 5.75 Å². The first-order chi connectivity index (χ1) is 15.4. The number of nitrogens with zero attached hydrogens (tertiary/aromatic N) is 2. The van der Waals surface area contributed by atoms with Gasteiger partial charge in [-0.1, -0.05) is 11.8 Å². The van der Waals surface area contributed by atoms with Gasteiger partial charge >= 0.3 is 5.69 Å². The van der Waals surface area contributed by atoms with Crippen LogP contribution in [0.25, 0.3) is 11.0 Å². The molecular formula is C22H25FN4O5. The summed E-state index contributed by atoms with van der Waals surface area (Å²) in [5.41, 5.74) is 1.11. The number of methoxy groups -OCH3 is 1. The van der Waals surface area contributed by atoms with Gasteiger partial charge in [0.15, 0.2) is 0 Å². The summed E-state index contributed by atoms with van der Waals surface area (Å²) >= 11 is 0. The Kier molecular flexibility index (Phi) is 6.30. The van der Waals surface area contributed by atoms with Crippen LogP contribution in [0.2, 0.25) is 0 Å². The summed E-state index contributed by atoms with van der Waals surface area (Å²) in [4.78, 5) is 37.0. The lowest BCUT2D eigenvalue weighted by molar-refractivity contribution is -0.135. The molecule has 3 heterocycles. The Bertz CT molecular complexity index is 1170. The monoisotopic (exact) mass is 444 g/mol. The molecule has 2 fully saturated rings. The summed E-state index contributed by atoms with van der Waals surface area (Å²) in [7, 11) is 3.09. The van der Waals surface area contributed by atoms with Crippen LogP contribution in [0.15, 0.2) is 16.9 Å². The molecule has 10 heteroatoms. The number of carbonyl (C=O) groups excluding carboxylic acids is 2. The number of aryl methyl sites for hydroxylation is 1. The molecule has 2 aromatic rings. The van der Waals surface area contributed by atoms with Crippen LogP contribution in [0.3, 0.4) is 0 Å². The number of halogens is 1. The van der Waals surface area contributed by atoms with Crippen molar-refractivity contribution in [2.45, 2.75) is 37.6 Å². The van der Waals surface area contributed by atoms with Crippen molar-refractivity contribution >= 4 is 22.8 Å². The van der Waals surface area contributed by atoms with Gasteiger partial charge in [-0.3, -0.25) is 24.0 Å². The van der Waals surface area contributed by atoms with Gasteiger partial charge in [0.1, 0.15) is 24.6 Å². The third kappa shape index (κ3) is 4.01. The first-order valence-electron chi connectivity index (χ1n) is 10.5. The predicted molar refractivity (Wildman–Crippen MR) is 114 cm³/mol. The third-order valence-electron chi connectivity index (χ3n) is 5.88. The topological polar surface area (TPSA) is 104 Å². The van der Waals surface area contributed by atoms with Crippen molar-refractivity contribution < 1.29 is 23.5 Å². The summed E-state index contributed by atoms with van der Waals surface area (Å²) in [5, 5.41) is 5.26. The van der Waals surface area contributed by atoms with Gasteiger partial charge < -0.3 is 14.8 Å². The summed E-state index contributed by atoms with van der Waals surface area (Å²) in [5.74, 6) is 5.51. The maximum atomic E-state index is 13.9. The molecule has 1 aromatic carbocycles. The largest absolute Gasteiger partial charge is 0.495 e. The fraction of sp³-hybridized carbons (Fsp3) is 0.500. The number of nitrogens with one attached hydrogen (secondary N) is 2. The number of alkyl halides is 1. The molecule has 2 aliphatic rings. The number of aromatic nitrogens is 2. The molecule has 0 saturated carbocycles. The van der Waals surface area contributed by atoms with Gasteiger partial charge in [-0.15, -0.1) is 0 Å². The van der Waals surface area contributed by atoms with E-state index < -0.39 is 29.9 Å². The van der Waals surface area contributed by atoms with Crippen molar-refractivity contribution in [2.24, 2.45) is 7.05 Å². The van der Waals surface area contributed by atoms with Crippen LogP contribution in [-0.2, 0) is 21.4 Å². The van der Waals surface area contributed by atoms with Crippen LogP contribution < -0.4 is 21.1 Å². The number of imide groups is 1. The standard InChI is InChI=1S/C22H25FN4O5/c1-26-20-13(4-3-11-32-18-9-10-24-12-14(18)23)17(31-2)7-5-15(20)27(22(26)30)16-6-8-19(28)25-21(16)29/h5,7,14,16,18,24H,6,8-12H2,1-2H3,(H,25,28,29)/t14-,16?,18+/m1/s1. The molecule has 1 unspecified atom stereocenters. The van der Waals surface area contributed by atoms with E-state index in [1.807, 2.05) is 0 Å². The molecule has 2 saturated heterocycles. The van der Waals surface area contributed by atoms with Crippen LogP contribution in [-0.4, -0.2) is 60.0 Å². The number of carbonyl (C=O) groups is 2. The highest BCUT2D eigenvalue weighted by Crippen LogP contribution is 2.29. The third-order valence-corrected chi connectivity index (χ3v) is 5.88. The molecule has 2 amide bonds. The van der Waals surface area contributed by atoms with E-state index in [4.69, 9.17) is 9.47 Å². The van der Waals surface area contributed by atoms with E-state index in [0.29, 0.717) is 35.3 Å². The second-order valence-corrected chi connectivity index (χ2v) is 7.85. The minimum Gasteiger partial charge on any atom is -0.495 e. The SMILES string of the molecule is COc1ccc2c(c1C#CCO[C@H]1CCNC[C@H]1F)n(C)c(=O)n2C1CCC(=O)NC1=O. The molecule has 1 aromatic heterocycles. The minimum absolute atomic E-state index is 0.0342. The van der Waals surface area contributed by atoms with Gasteiger partial charge in [0, 0.05) is 20.0 Å². The molecule has 0 radical (unpaired) electrons. The van der Waals surface area contributed by atoms with Gasteiger partial charge in [0.2, 0.25) is 11.8 Å². The normalized spacial score (nSPS) is 23.5. The molecular weight excluding hydrogens is 419 g/mol. The molecule has 3 atom stereocenters. The van der Waals surface area contributed by atoms with Crippen molar-refractivity contribution in [2.75, 3.05) is 26.8 Å². The van der Waals surface area contributed by atoms with E-state index in [1.165, 1.54) is 16.2 Å². The smallest absolute Gasteiger partial charge is 0.329 e. The van der Waals surface area contributed by atoms with Crippen molar-refractivity contribution in [3.63, 3.8) is 0 Å². The van der Waals surface area contributed by atoms with Gasteiger partial charge in [0.25, 0.3) is 0 Å². The fourth-order valence-corrected chi connectivity index (χ4v) is 4.23. The molecule has 9 nitrogen and oxygen atoms in total. The zero-order valence-electron chi connectivity index (χ0n) is 17.9. The van der Waals surface area contributed by atoms with Crippen molar-refractivity contribution in [1.29, 1.82) is 0 Å². The molecule has 0 spiro atoms. The number of rotatable bonds is 4. The van der Waals surface area contributed by atoms with Crippen LogP contribution in [0, 0.1) is 11.8 Å². The average molecular weight is 444 g/mol. The quantitative estimate of drug-likeness (QED) is 0.523. The molecule has 0 bridgehead atoms. The number of benzene rings is 1. The second-order valence-electron chi connectivity index (χ2n) is 7.85. The van der Waals surface area contributed by atoms with Gasteiger partial charge in [0.05, 0.1) is 29.8 Å². The number of imidazole rings is 1. The number of piperidine rings is 2. The van der Waals surface area contributed by atoms with Crippen LogP contribution >= 0.6 is 0 Å². The fourth-order valence-electron chi connectivity index (χ4n) is 4.23. The Labute approximate surface area is 183 Å². The number of hydrogen-bond donors (Lipinski definition) is 2. The van der Waals surface area contributed by atoms with Crippen molar-refractivity contribution in [3.05, 3.63) is 28.2 Å². The number of ether oxygens (including phenoxy) is 2. The lowest BCUT2D eigenvalue weighted by atomic mass is 10.1. The highest BCUT2D eigenvalue weighted by molar-refractivity contribution is 6.00. The molecule has 170 valence electrons. The Morgan fingerprint density at radius 2 is 2.06 bits per heavy atom. The number of hydrogen-bond acceptors (Lipinski definition) is 6. The van der Waals surface area contributed by atoms with E-state index >= 15 is 0 Å². The van der Waals surface area contributed by atoms with Crippen molar-refractivity contribution in [1.82, 2.24) is 19.8 Å². The first kappa shape index (κ1) is 22.0. The second kappa shape index (κ2) is 9.14. The number of amides is 2. The highest BCUT2D eigenvalue weighted by Gasteiger charge is 2.32. The van der Waals surface area contributed by atoms with E-state index in [2.05, 4.69) is 22.5 Å². The lowest BCUT2D eigenvalue weighted by Crippen LogP contribution is -2.44. The summed E-state index contributed by atoms with van der Waals surface area (Å²) < 4.78 is 27.7. The Hall–Kier alpha value is -3.16. The first-order valence-corrected chi connectivity index (χ1v) is 10.5.